The monoisotopic (exact) mass is 459 g/mol. The molecule has 0 heterocycles. The van der Waals surface area contributed by atoms with Crippen LogP contribution in [0.15, 0.2) is 54.6 Å². The molecular weight excluding hydrogens is 430 g/mol. The summed E-state index contributed by atoms with van der Waals surface area (Å²) < 4.78 is 16.1. The van der Waals surface area contributed by atoms with E-state index in [4.69, 9.17) is 25.8 Å². The van der Waals surface area contributed by atoms with Crippen LogP contribution in [-0.2, 0) is 19.0 Å². The van der Waals surface area contributed by atoms with Crippen LogP contribution >= 0.6 is 11.6 Å². The first-order valence-corrected chi connectivity index (χ1v) is 11.5. The van der Waals surface area contributed by atoms with E-state index in [9.17, 15) is 9.59 Å². The summed E-state index contributed by atoms with van der Waals surface area (Å²) >= 11 is 6.01. The highest BCUT2D eigenvalue weighted by molar-refractivity contribution is 6.30. The van der Waals surface area contributed by atoms with Gasteiger partial charge in [0, 0.05) is 5.02 Å². The average molecular weight is 460 g/mol. The van der Waals surface area contributed by atoms with E-state index in [-0.39, 0.29) is 12.6 Å². The van der Waals surface area contributed by atoms with Gasteiger partial charge in [-0.2, -0.15) is 0 Å². The van der Waals surface area contributed by atoms with Crippen molar-refractivity contribution in [2.75, 3.05) is 31.3 Å². The molecule has 7 heteroatoms. The SMILES string of the molecule is CCOC(=O)COCC1CCC(COC(=O)N(c2ccccc2)c2ccc(Cl)cc2)CC1. The molecule has 0 bridgehead atoms. The van der Waals surface area contributed by atoms with Gasteiger partial charge >= 0.3 is 12.1 Å². The zero-order valence-corrected chi connectivity index (χ0v) is 19.1. The number of carbonyl (C=O) groups is 2. The molecule has 0 saturated heterocycles. The minimum Gasteiger partial charge on any atom is -0.464 e. The zero-order chi connectivity index (χ0) is 22.8. The first-order chi connectivity index (χ1) is 15.6. The number of carbonyl (C=O) groups excluding carboxylic acids is 2. The number of hydrogen-bond acceptors (Lipinski definition) is 5. The van der Waals surface area contributed by atoms with Gasteiger partial charge in [-0.15, -0.1) is 0 Å². The summed E-state index contributed by atoms with van der Waals surface area (Å²) in [6.07, 6.45) is 3.51. The molecule has 172 valence electrons. The number of anilines is 2. The van der Waals surface area contributed by atoms with E-state index in [1.54, 1.807) is 36.1 Å². The molecule has 3 rings (SSSR count). The Morgan fingerprint density at radius 3 is 2.09 bits per heavy atom. The molecule has 0 radical (unpaired) electrons. The van der Waals surface area contributed by atoms with Crippen LogP contribution in [0, 0.1) is 11.8 Å². The number of amides is 1. The minimum absolute atomic E-state index is 0.00536. The van der Waals surface area contributed by atoms with E-state index >= 15 is 0 Å². The maximum absolute atomic E-state index is 13.0. The van der Waals surface area contributed by atoms with Gasteiger partial charge in [0.25, 0.3) is 0 Å². The molecule has 0 spiro atoms. The van der Waals surface area contributed by atoms with E-state index in [1.165, 1.54) is 0 Å². The van der Waals surface area contributed by atoms with Crippen molar-refractivity contribution in [2.45, 2.75) is 32.6 Å². The molecule has 2 aromatic rings. The Bertz CT molecular complexity index is 850. The molecule has 0 aromatic heterocycles. The van der Waals surface area contributed by atoms with Crippen LogP contribution in [0.4, 0.5) is 16.2 Å². The fourth-order valence-electron chi connectivity index (χ4n) is 3.86. The fraction of sp³-hybridized carbons (Fsp3) is 0.440. The molecule has 1 amide bonds. The van der Waals surface area contributed by atoms with Gasteiger partial charge in [0.15, 0.2) is 0 Å². The number of esters is 1. The molecule has 2 aromatic carbocycles. The predicted molar refractivity (Wildman–Crippen MR) is 124 cm³/mol. The van der Waals surface area contributed by atoms with E-state index in [2.05, 4.69) is 0 Å². The summed E-state index contributed by atoms with van der Waals surface area (Å²) in [6, 6.07) is 16.5. The maximum Gasteiger partial charge on any atom is 0.418 e. The Hall–Kier alpha value is -2.57. The Morgan fingerprint density at radius 1 is 0.875 bits per heavy atom. The zero-order valence-electron chi connectivity index (χ0n) is 18.4. The number of halogens is 1. The van der Waals surface area contributed by atoms with E-state index < -0.39 is 6.09 Å². The molecule has 0 unspecified atom stereocenters. The number of benzene rings is 2. The molecule has 0 atom stereocenters. The van der Waals surface area contributed by atoms with Gasteiger partial charge in [0.1, 0.15) is 6.61 Å². The third-order valence-corrected chi connectivity index (χ3v) is 5.82. The Balaban J connectivity index is 1.48. The van der Waals surface area contributed by atoms with Crippen molar-refractivity contribution in [1.82, 2.24) is 0 Å². The van der Waals surface area contributed by atoms with Crippen LogP contribution < -0.4 is 4.90 Å². The van der Waals surface area contributed by atoms with Crippen molar-refractivity contribution in [3.05, 3.63) is 59.6 Å². The Morgan fingerprint density at radius 2 is 1.47 bits per heavy atom. The number of hydrogen-bond donors (Lipinski definition) is 0. The molecule has 1 fully saturated rings. The third-order valence-electron chi connectivity index (χ3n) is 5.57. The standard InChI is InChI=1S/C25H30ClNO5/c1-2-31-24(28)18-30-16-19-8-10-20(11-9-19)17-32-25(29)27(22-6-4-3-5-7-22)23-14-12-21(26)13-15-23/h3-7,12-15,19-20H,2,8-11,16-18H2,1H3. The number of ether oxygens (including phenoxy) is 3. The maximum atomic E-state index is 13.0. The largest absolute Gasteiger partial charge is 0.464 e. The Labute approximate surface area is 194 Å². The summed E-state index contributed by atoms with van der Waals surface area (Å²) in [5.74, 6) is 0.422. The van der Waals surface area contributed by atoms with Crippen LogP contribution in [0.25, 0.3) is 0 Å². The fourth-order valence-corrected chi connectivity index (χ4v) is 3.98. The van der Waals surface area contributed by atoms with Crippen molar-refractivity contribution >= 4 is 35.0 Å². The second kappa shape index (κ2) is 12.5. The first-order valence-electron chi connectivity index (χ1n) is 11.1. The summed E-state index contributed by atoms with van der Waals surface area (Å²) in [7, 11) is 0. The van der Waals surface area contributed by atoms with Crippen LogP contribution in [0.2, 0.25) is 5.02 Å². The molecule has 0 N–H and O–H groups in total. The van der Waals surface area contributed by atoms with Crippen LogP contribution in [0.1, 0.15) is 32.6 Å². The molecule has 1 aliphatic carbocycles. The van der Waals surface area contributed by atoms with Crippen molar-refractivity contribution in [3.8, 4) is 0 Å². The van der Waals surface area contributed by atoms with Gasteiger partial charge in [0.05, 0.1) is 31.2 Å². The van der Waals surface area contributed by atoms with Crippen LogP contribution in [-0.4, -0.2) is 38.5 Å². The van der Waals surface area contributed by atoms with E-state index in [0.717, 1.165) is 31.4 Å². The average Bonchev–Trinajstić information content (AvgIpc) is 2.81. The van der Waals surface area contributed by atoms with Gasteiger partial charge in [-0.25, -0.2) is 14.5 Å². The lowest BCUT2D eigenvalue weighted by atomic mass is 9.83. The number of para-hydroxylation sites is 1. The van der Waals surface area contributed by atoms with Crippen LogP contribution in [0.3, 0.4) is 0 Å². The van der Waals surface area contributed by atoms with E-state index in [1.807, 2.05) is 30.3 Å². The Kier molecular flexibility index (Phi) is 9.38. The lowest BCUT2D eigenvalue weighted by Crippen LogP contribution is -2.30. The van der Waals surface area contributed by atoms with Gasteiger partial charge in [-0.05, 0) is 80.8 Å². The molecule has 1 saturated carbocycles. The number of nitrogens with zero attached hydrogens (tertiary/aromatic N) is 1. The van der Waals surface area contributed by atoms with Gasteiger partial charge in [0.2, 0.25) is 0 Å². The summed E-state index contributed by atoms with van der Waals surface area (Å²) in [5, 5.41) is 0.609. The minimum atomic E-state index is -0.404. The normalized spacial score (nSPS) is 18.1. The third kappa shape index (κ3) is 7.24. The van der Waals surface area contributed by atoms with Gasteiger partial charge in [-0.3, -0.25) is 0 Å². The molecule has 32 heavy (non-hydrogen) atoms. The molecule has 1 aliphatic rings. The highest BCUT2D eigenvalue weighted by Crippen LogP contribution is 2.31. The smallest absolute Gasteiger partial charge is 0.418 e. The number of rotatable bonds is 9. The first kappa shape index (κ1) is 24.1. The van der Waals surface area contributed by atoms with Crippen LogP contribution in [0.5, 0.6) is 0 Å². The van der Waals surface area contributed by atoms with Crippen molar-refractivity contribution in [1.29, 1.82) is 0 Å². The van der Waals surface area contributed by atoms with Crippen molar-refractivity contribution < 1.29 is 23.8 Å². The second-order valence-electron chi connectivity index (χ2n) is 7.93. The second-order valence-corrected chi connectivity index (χ2v) is 8.37. The molecule has 6 nitrogen and oxygen atoms in total. The predicted octanol–water partition coefficient (Wildman–Crippen LogP) is 6.00. The summed E-state index contributed by atoms with van der Waals surface area (Å²) in [6.45, 7) is 3.09. The van der Waals surface area contributed by atoms with Crippen molar-refractivity contribution in [2.24, 2.45) is 11.8 Å². The molecule has 0 aliphatic heterocycles. The van der Waals surface area contributed by atoms with Gasteiger partial charge in [-0.1, -0.05) is 29.8 Å². The van der Waals surface area contributed by atoms with Gasteiger partial charge < -0.3 is 14.2 Å². The molecular formula is C25H30ClNO5. The highest BCUT2D eigenvalue weighted by Gasteiger charge is 2.25. The van der Waals surface area contributed by atoms with Crippen molar-refractivity contribution in [3.63, 3.8) is 0 Å². The summed E-state index contributed by atoms with van der Waals surface area (Å²) in [5.41, 5.74) is 1.44. The summed E-state index contributed by atoms with van der Waals surface area (Å²) in [4.78, 5) is 25.9. The lowest BCUT2D eigenvalue weighted by molar-refractivity contribution is -0.149. The quantitative estimate of drug-likeness (QED) is 0.430. The van der Waals surface area contributed by atoms with E-state index in [0.29, 0.717) is 42.4 Å². The lowest BCUT2D eigenvalue weighted by Gasteiger charge is -2.29. The topological polar surface area (TPSA) is 65.1 Å². The highest BCUT2D eigenvalue weighted by atomic mass is 35.5.